The molecule has 0 radical (unpaired) electrons. The molecule has 0 saturated carbocycles. The third kappa shape index (κ3) is 5.49. The van der Waals surface area contributed by atoms with Crippen molar-refractivity contribution >= 4 is 17.7 Å². The molecule has 0 aliphatic rings. The summed E-state index contributed by atoms with van der Waals surface area (Å²) in [5.41, 5.74) is 1.09. The van der Waals surface area contributed by atoms with Crippen LogP contribution in [0.3, 0.4) is 0 Å². The van der Waals surface area contributed by atoms with E-state index in [1.807, 2.05) is 0 Å². The number of carbonyl (C=O) groups is 1. The smallest absolute Gasteiger partial charge is 0.387 e. The van der Waals surface area contributed by atoms with Crippen LogP contribution in [0.25, 0.3) is 6.08 Å². The number of anilines is 1. The molecule has 25 heavy (non-hydrogen) atoms. The first kappa shape index (κ1) is 18.3. The normalized spacial score (nSPS) is 10.8. The van der Waals surface area contributed by atoms with E-state index in [0.717, 1.165) is 5.56 Å². The second-order valence-corrected chi connectivity index (χ2v) is 4.84. The number of benzene rings is 2. The van der Waals surface area contributed by atoms with E-state index in [4.69, 9.17) is 9.47 Å². The highest BCUT2D eigenvalue weighted by molar-refractivity contribution is 6.02. The first-order chi connectivity index (χ1) is 12.0. The molecule has 7 heteroatoms. The van der Waals surface area contributed by atoms with Gasteiger partial charge in [-0.2, -0.15) is 8.78 Å². The highest BCUT2D eigenvalue weighted by atomic mass is 19.3. The molecule has 0 spiro atoms. The average molecular weight is 349 g/mol. The zero-order valence-electron chi connectivity index (χ0n) is 13.7. The van der Waals surface area contributed by atoms with E-state index in [1.54, 1.807) is 30.3 Å². The summed E-state index contributed by atoms with van der Waals surface area (Å²) >= 11 is 0. The summed E-state index contributed by atoms with van der Waals surface area (Å²) in [6.45, 7) is -2.92. The van der Waals surface area contributed by atoms with Crippen LogP contribution in [0.1, 0.15) is 5.56 Å². The van der Waals surface area contributed by atoms with Crippen LogP contribution in [0.4, 0.5) is 14.5 Å². The Morgan fingerprint density at radius 3 is 2.52 bits per heavy atom. The van der Waals surface area contributed by atoms with E-state index in [9.17, 15) is 13.6 Å². The highest BCUT2D eigenvalue weighted by Crippen LogP contribution is 2.28. The van der Waals surface area contributed by atoms with Gasteiger partial charge in [-0.3, -0.25) is 4.79 Å². The molecule has 0 bridgehead atoms. The third-order valence-electron chi connectivity index (χ3n) is 3.16. The summed E-state index contributed by atoms with van der Waals surface area (Å²) < 4.78 is 39.0. The van der Waals surface area contributed by atoms with Crippen molar-refractivity contribution in [2.45, 2.75) is 6.61 Å². The van der Waals surface area contributed by atoms with E-state index in [2.05, 4.69) is 10.1 Å². The third-order valence-corrected chi connectivity index (χ3v) is 3.16. The van der Waals surface area contributed by atoms with Gasteiger partial charge in [0.2, 0.25) is 5.91 Å². The van der Waals surface area contributed by atoms with Crippen LogP contribution in [0, 0.1) is 0 Å². The van der Waals surface area contributed by atoms with Crippen molar-refractivity contribution in [3.05, 3.63) is 54.1 Å². The molecule has 2 aromatic carbocycles. The second kappa shape index (κ2) is 8.68. The van der Waals surface area contributed by atoms with E-state index in [-0.39, 0.29) is 5.75 Å². The van der Waals surface area contributed by atoms with Crippen molar-refractivity contribution in [2.24, 2.45) is 0 Å². The number of hydrogen-bond donors (Lipinski definition) is 1. The Morgan fingerprint density at radius 2 is 1.84 bits per heavy atom. The molecule has 0 aliphatic heterocycles. The number of hydrogen-bond acceptors (Lipinski definition) is 4. The van der Waals surface area contributed by atoms with Gasteiger partial charge in [0.05, 0.1) is 14.2 Å². The van der Waals surface area contributed by atoms with Gasteiger partial charge in [0.15, 0.2) is 11.5 Å². The SMILES string of the molecule is COc1ccc(/C=C/C(=O)Nc2cccc(OC(F)F)c2)cc1OC. The standard InChI is InChI=1S/C18H17F2NO4/c1-23-15-8-6-12(10-16(15)24-2)7-9-17(22)21-13-4-3-5-14(11-13)25-18(19)20/h3-11,18H,1-2H3,(H,21,22)/b9-7+. The van der Waals surface area contributed by atoms with Crippen molar-refractivity contribution in [2.75, 3.05) is 19.5 Å². The molecule has 0 saturated heterocycles. The van der Waals surface area contributed by atoms with Gasteiger partial charge >= 0.3 is 6.61 Å². The second-order valence-electron chi connectivity index (χ2n) is 4.84. The molecule has 0 heterocycles. The molecule has 0 unspecified atom stereocenters. The lowest BCUT2D eigenvalue weighted by Gasteiger charge is -2.08. The molecule has 0 aliphatic carbocycles. The lowest BCUT2D eigenvalue weighted by atomic mass is 10.2. The van der Waals surface area contributed by atoms with Gasteiger partial charge in [-0.25, -0.2) is 0 Å². The predicted octanol–water partition coefficient (Wildman–Crippen LogP) is 3.96. The van der Waals surface area contributed by atoms with Gasteiger partial charge in [0.1, 0.15) is 5.75 Å². The maximum atomic E-state index is 12.2. The predicted molar refractivity (Wildman–Crippen MR) is 90.3 cm³/mol. The summed E-state index contributed by atoms with van der Waals surface area (Å²) in [4.78, 5) is 12.0. The van der Waals surface area contributed by atoms with Crippen molar-refractivity contribution in [1.29, 1.82) is 0 Å². The molecule has 0 atom stereocenters. The Labute approximate surface area is 143 Å². The molecule has 2 rings (SSSR count). The first-order valence-corrected chi connectivity index (χ1v) is 7.28. The van der Waals surface area contributed by atoms with Crippen LogP contribution in [0.2, 0.25) is 0 Å². The number of carbonyl (C=O) groups excluding carboxylic acids is 1. The lowest BCUT2D eigenvalue weighted by molar-refractivity contribution is -0.111. The van der Waals surface area contributed by atoms with Gasteiger partial charge < -0.3 is 19.5 Å². The minimum Gasteiger partial charge on any atom is -0.493 e. The van der Waals surface area contributed by atoms with Crippen molar-refractivity contribution < 1.29 is 27.8 Å². The van der Waals surface area contributed by atoms with Crippen LogP contribution >= 0.6 is 0 Å². The minimum atomic E-state index is -2.92. The fourth-order valence-electron chi connectivity index (χ4n) is 2.06. The summed E-state index contributed by atoms with van der Waals surface area (Å²) in [5, 5.41) is 2.57. The summed E-state index contributed by atoms with van der Waals surface area (Å²) in [6, 6.07) is 11.0. The van der Waals surface area contributed by atoms with Crippen LogP contribution in [-0.4, -0.2) is 26.7 Å². The van der Waals surface area contributed by atoms with Gasteiger partial charge in [-0.1, -0.05) is 12.1 Å². The lowest BCUT2D eigenvalue weighted by Crippen LogP contribution is -2.08. The van der Waals surface area contributed by atoms with E-state index < -0.39 is 12.5 Å². The van der Waals surface area contributed by atoms with Crippen LogP contribution in [-0.2, 0) is 4.79 Å². The van der Waals surface area contributed by atoms with Crippen LogP contribution in [0.5, 0.6) is 17.2 Å². The van der Waals surface area contributed by atoms with Crippen molar-refractivity contribution in [3.8, 4) is 17.2 Å². The van der Waals surface area contributed by atoms with Crippen molar-refractivity contribution in [1.82, 2.24) is 0 Å². The number of rotatable bonds is 7. The number of methoxy groups -OCH3 is 2. The number of amides is 1. The van der Waals surface area contributed by atoms with Crippen LogP contribution in [0.15, 0.2) is 48.5 Å². The fraction of sp³-hybridized carbons (Fsp3) is 0.167. The number of nitrogens with one attached hydrogen (secondary N) is 1. The molecular formula is C18H17F2NO4. The first-order valence-electron chi connectivity index (χ1n) is 7.28. The highest BCUT2D eigenvalue weighted by Gasteiger charge is 2.06. The number of halogens is 2. The zero-order valence-corrected chi connectivity index (χ0v) is 13.7. The van der Waals surface area contributed by atoms with Gasteiger partial charge in [-0.05, 0) is 35.9 Å². The topological polar surface area (TPSA) is 56.8 Å². The van der Waals surface area contributed by atoms with Crippen LogP contribution < -0.4 is 19.5 Å². The van der Waals surface area contributed by atoms with Crippen molar-refractivity contribution in [3.63, 3.8) is 0 Å². The fourth-order valence-corrected chi connectivity index (χ4v) is 2.06. The largest absolute Gasteiger partial charge is 0.493 e. The quantitative estimate of drug-likeness (QED) is 0.769. The van der Waals surface area contributed by atoms with Gasteiger partial charge in [-0.15, -0.1) is 0 Å². The molecule has 0 aromatic heterocycles. The Morgan fingerprint density at radius 1 is 1.08 bits per heavy atom. The van der Waals surface area contributed by atoms with E-state index in [0.29, 0.717) is 17.2 Å². The summed E-state index contributed by atoms with van der Waals surface area (Å²) in [7, 11) is 3.05. The molecular weight excluding hydrogens is 332 g/mol. The Bertz CT molecular complexity index is 762. The summed E-state index contributed by atoms with van der Waals surface area (Å²) in [6.07, 6.45) is 2.92. The monoisotopic (exact) mass is 349 g/mol. The van der Waals surface area contributed by atoms with Gasteiger partial charge in [0, 0.05) is 17.8 Å². The Kier molecular flexibility index (Phi) is 6.33. The zero-order chi connectivity index (χ0) is 18.2. The maximum Gasteiger partial charge on any atom is 0.387 e. The average Bonchev–Trinajstić information content (AvgIpc) is 2.59. The molecule has 2 aromatic rings. The Balaban J connectivity index is 2.03. The molecule has 1 N–H and O–H groups in total. The molecule has 1 amide bonds. The minimum absolute atomic E-state index is 0.0309. The molecule has 0 fully saturated rings. The Hall–Kier alpha value is -3.09. The summed E-state index contributed by atoms with van der Waals surface area (Å²) in [5.74, 6) is 0.683. The van der Waals surface area contributed by atoms with E-state index >= 15 is 0 Å². The number of ether oxygens (including phenoxy) is 3. The van der Waals surface area contributed by atoms with Gasteiger partial charge in [0.25, 0.3) is 0 Å². The number of alkyl halides is 2. The van der Waals surface area contributed by atoms with E-state index in [1.165, 1.54) is 38.5 Å². The maximum absolute atomic E-state index is 12.2. The molecule has 132 valence electrons. The molecule has 5 nitrogen and oxygen atoms in total.